The predicted octanol–water partition coefficient (Wildman–Crippen LogP) is 2.80. The second-order valence-electron chi connectivity index (χ2n) is 7.52. The van der Waals surface area contributed by atoms with Crippen LogP contribution in [0.1, 0.15) is 65.2 Å². The van der Waals surface area contributed by atoms with Crippen LogP contribution >= 0.6 is 0 Å². The zero-order valence-electron chi connectivity index (χ0n) is 13.5. The molecular weight excluding hydrogens is 266 g/mol. The first-order chi connectivity index (χ1) is 9.91. The van der Waals surface area contributed by atoms with E-state index in [1.807, 2.05) is 0 Å². The van der Waals surface area contributed by atoms with Crippen molar-refractivity contribution in [2.45, 2.75) is 76.9 Å². The molecule has 0 aromatic heterocycles. The second kappa shape index (κ2) is 7.10. The number of carbonyl (C=O) groups is 1. The summed E-state index contributed by atoms with van der Waals surface area (Å²) in [7, 11) is 0. The molecule has 2 atom stereocenters. The summed E-state index contributed by atoms with van der Waals surface area (Å²) in [5.74, 6) is 0.415. The maximum absolute atomic E-state index is 11.0. The normalized spacial score (nSPS) is 37.6. The van der Waals surface area contributed by atoms with Crippen molar-refractivity contribution in [2.24, 2.45) is 17.8 Å². The van der Waals surface area contributed by atoms with Gasteiger partial charge in [0.05, 0.1) is 11.5 Å². The molecule has 122 valence electrons. The van der Waals surface area contributed by atoms with Gasteiger partial charge in [-0.25, -0.2) is 0 Å². The Labute approximate surface area is 128 Å². The summed E-state index contributed by atoms with van der Waals surface area (Å²) < 4.78 is 0. The van der Waals surface area contributed by atoms with E-state index in [0.29, 0.717) is 50.1 Å². The molecule has 2 fully saturated rings. The molecule has 21 heavy (non-hydrogen) atoms. The number of rotatable bonds is 5. The van der Waals surface area contributed by atoms with E-state index in [2.05, 4.69) is 19.2 Å². The van der Waals surface area contributed by atoms with Gasteiger partial charge in [-0.2, -0.15) is 0 Å². The standard InChI is InChI=1S/C17H31NO3/c1-12(2)14-5-3-4-6-15(14)18-11-17(21)9-7-13(8-10-17)16(19)20/h12-15,18,21H,3-11H2,1-2H3,(H,19,20). The zero-order valence-corrected chi connectivity index (χ0v) is 13.5. The molecular formula is C17H31NO3. The summed E-state index contributed by atoms with van der Waals surface area (Å²) >= 11 is 0. The Bertz CT molecular complexity index is 348. The summed E-state index contributed by atoms with van der Waals surface area (Å²) in [5, 5.41) is 23.3. The lowest BCUT2D eigenvalue weighted by Gasteiger charge is -2.40. The van der Waals surface area contributed by atoms with Crippen molar-refractivity contribution in [2.75, 3.05) is 6.54 Å². The van der Waals surface area contributed by atoms with Gasteiger partial charge in [0.2, 0.25) is 0 Å². The minimum atomic E-state index is -0.711. The molecule has 0 spiro atoms. The van der Waals surface area contributed by atoms with Gasteiger partial charge < -0.3 is 15.5 Å². The van der Waals surface area contributed by atoms with Crippen molar-refractivity contribution >= 4 is 5.97 Å². The van der Waals surface area contributed by atoms with E-state index >= 15 is 0 Å². The highest BCUT2D eigenvalue weighted by Gasteiger charge is 2.37. The first kappa shape index (κ1) is 16.8. The van der Waals surface area contributed by atoms with E-state index in [4.69, 9.17) is 5.11 Å². The maximum atomic E-state index is 11.0. The molecule has 0 aromatic carbocycles. The lowest BCUT2D eigenvalue weighted by Crippen LogP contribution is -2.50. The zero-order chi connectivity index (χ0) is 15.5. The van der Waals surface area contributed by atoms with Gasteiger partial charge >= 0.3 is 5.97 Å². The number of hydrogen-bond acceptors (Lipinski definition) is 3. The summed E-state index contributed by atoms with van der Waals surface area (Å²) in [4.78, 5) is 11.0. The maximum Gasteiger partial charge on any atom is 0.306 e. The van der Waals surface area contributed by atoms with Crippen LogP contribution in [0.5, 0.6) is 0 Å². The third kappa shape index (κ3) is 4.43. The minimum absolute atomic E-state index is 0.261. The highest BCUT2D eigenvalue weighted by molar-refractivity contribution is 5.70. The van der Waals surface area contributed by atoms with Crippen LogP contribution in [-0.4, -0.2) is 34.4 Å². The molecule has 0 saturated heterocycles. The minimum Gasteiger partial charge on any atom is -0.481 e. The van der Waals surface area contributed by atoms with Gasteiger partial charge in [-0.1, -0.05) is 26.7 Å². The van der Waals surface area contributed by atoms with Gasteiger partial charge in [0.25, 0.3) is 0 Å². The Morgan fingerprint density at radius 3 is 2.38 bits per heavy atom. The van der Waals surface area contributed by atoms with Gasteiger partial charge in [0.1, 0.15) is 0 Å². The van der Waals surface area contributed by atoms with E-state index in [1.54, 1.807) is 0 Å². The molecule has 0 amide bonds. The van der Waals surface area contributed by atoms with Crippen molar-refractivity contribution in [3.8, 4) is 0 Å². The van der Waals surface area contributed by atoms with Crippen molar-refractivity contribution in [1.29, 1.82) is 0 Å². The predicted molar refractivity (Wildman–Crippen MR) is 83.1 cm³/mol. The van der Waals surface area contributed by atoms with Gasteiger partial charge in [-0.3, -0.25) is 4.79 Å². The highest BCUT2D eigenvalue weighted by atomic mass is 16.4. The van der Waals surface area contributed by atoms with Crippen LogP contribution in [-0.2, 0) is 4.79 Å². The Morgan fingerprint density at radius 1 is 1.19 bits per heavy atom. The fraction of sp³-hybridized carbons (Fsp3) is 0.941. The summed E-state index contributed by atoms with van der Waals surface area (Å²) in [5.41, 5.74) is -0.703. The van der Waals surface area contributed by atoms with Crippen LogP contribution in [0.3, 0.4) is 0 Å². The van der Waals surface area contributed by atoms with E-state index < -0.39 is 11.6 Å². The van der Waals surface area contributed by atoms with Crippen LogP contribution in [0.15, 0.2) is 0 Å². The average molecular weight is 297 g/mol. The van der Waals surface area contributed by atoms with Gasteiger partial charge in [0, 0.05) is 12.6 Å². The molecule has 2 aliphatic rings. The smallest absolute Gasteiger partial charge is 0.306 e. The van der Waals surface area contributed by atoms with Gasteiger partial charge in [-0.05, 0) is 50.4 Å². The Balaban J connectivity index is 1.83. The molecule has 0 bridgehead atoms. The first-order valence-electron chi connectivity index (χ1n) is 8.60. The molecule has 2 rings (SSSR count). The fourth-order valence-corrected chi connectivity index (χ4v) is 4.11. The topological polar surface area (TPSA) is 69.6 Å². The number of aliphatic hydroxyl groups is 1. The molecule has 2 aliphatic carbocycles. The van der Waals surface area contributed by atoms with Crippen molar-refractivity contribution < 1.29 is 15.0 Å². The molecule has 3 N–H and O–H groups in total. The third-order valence-corrected chi connectivity index (χ3v) is 5.63. The number of aliphatic carboxylic acids is 1. The summed E-state index contributed by atoms with van der Waals surface area (Å²) in [6.07, 6.45) is 7.52. The lowest BCUT2D eigenvalue weighted by molar-refractivity contribution is -0.144. The van der Waals surface area contributed by atoms with E-state index in [-0.39, 0.29) is 5.92 Å². The van der Waals surface area contributed by atoms with Crippen molar-refractivity contribution in [1.82, 2.24) is 5.32 Å². The Hall–Kier alpha value is -0.610. The summed E-state index contributed by atoms with van der Waals surface area (Å²) in [6, 6.07) is 0.514. The van der Waals surface area contributed by atoms with Gasteiger partial charge in [0.15, 0.2) is 0 Å². The lowest BCUT2D eigenvalue weighted by atomic mass is 9.76. The summed E-state index contributed by atoms with van der Waals surface area (Å²) in [6.45, 7) is 5.20. The first-order valence-corrected chi connectivity index (χ1v) is 8.60. The quantitative estimate of drug-likeness (QED) is 0.730. The molecule has 0 aliphatic heterocycles. The molecule has 0 radical (unpaired) electrons. The highest BCUT2D eigenvalue weighted by Crippen LogP contribution is 2.34. The number of carboxylic acid groups (broad SMARTS) is 1. The SMILES string of the molecule is CC(C)C1CCCCC1NCC1(O)CCC(C(=O)O)CC1. The van der Waals surface area contributed by atoms with Crippen molar-refractivity contribution in [3.05, 3.63) is 0 Å². The Kier molecular flexibility index (Phi) is 5.67. The van der Waals surface area contributed by atoms with Crippen LogP contribution in [0.4, 0.5) is 0 Å². The Morgan fingerprint density at radius 2 is 1.81 bits per heavy atom. The van der Waals surface area contributed by atoms with Crippen LogP contribution in [0.25, 0.3) is 0 Å². The number of carboxylic acids is 1. The van der Waals surface area contributed by atoms with E-state index in [0.717, 1.165) is 0 Å². The van der Waals surface area contributed by atoms with Crippen LogP contribution < -0.4 is 5.32 Å². The number of nitrogens with one attached hydrogen (secondary N) is 1. The monoisotopic (exact) mass is 297 g/mol. The largest absolute Gasteiger partial charge is 0.481 e. The molecule has 2 saturated carbocycles. The van der Waals surface area contributed by atoms with E-state index in [9.17, 15) is 9.90 Å². The molecule has 0 heterocycles. The molecule has 4 nitrogen and oxygen atoms in total. The molecule has 0 aromatic rings. The van der Waals surface area contributed by atoms with E-state index in [1.165, 1.54) is 25.7 Å². The average Bonchev–Trinajstić information content (AvgIpc) is 2.46. The molecule has 4 heteroatoms. The second-order valence-corrected chi connectivity index (χ2v) is 7.52. The van der Waals surface area contributed by atoms with Crippen molar-refractivity contribution in [3.63, 3.8) is 0 Å². The third-order valence-electron chi connectivity index (χ3n) is 5.63. The van der Waals surface area contributed by atoms with Crippen LogP contribution in [0, 0.1) is 17.8 Å². The number of hydrogen-bond donors (Lipinski definition) is 3. The molecule has 2 unspecified atom stereocenters. The van der Waals surface area contributed by atoms with Crippen LogP contribution in [0.2, 0.25) is 0 Å². The fourth-order valence-electron chi connectivity index (χ4n) is 4.11. The van der Waals surface area contributed by atoms with Gasteiger partial charge in [-0.15, -0.1) is 0 Å².